The fourth-order valence-corrected chi connectivity index (χ4v) is 4.22. The Morgan fingerprint density at radius 1 is 1.03 bits per heavy atom. The molecule has 3 rings (SSSR count). The van der Waals surface area contributed by atoms with E-state index in [1.807, 2.05) is 61.7 Å². The highest BCUT2D eigenvalue weighted by atomic mass is 16.7. The molecular weight excluding hydrogens is 474 g/mol. The first-order chi connectivity index (χ1) is 17.9. The van der Waals surface area contributed by atoms with Crippen LogP contribution in [-0.4, -0.2) is 53.3 Å². The average molecular weight is 512 g/mol. The minimum Gasteiger partial charge on any atom is -0.392 e. The van der Waals surface area contributed by atoms with Crippen LogP contribution in [0.3, 0.4) is 0 Å². The number of hydrogen-bond acceptors (Lipinski definition) is 7. The molecule has 0 saturated carbocycles. The van der Waals surface area contributed by atoms with Crippen LogP contribution in [0.2, 0.25) is 0 Å². The predicted octanol–water partition coefficient (Wildman–Crippen LogP) is 3.13. The van der Waals surface area contributed by atoms with E-state index < -0.39 is 12.2 Å². The van der Waals surface area contributed by atoms with Gasteiger partial charge in [0.2, 0.25) is 11.8 Å². The second kappa shape index (κ2) is 14.6. The van der Waals surface area contributed by atoms with Crippen molar-refractivity contribution in [1.82, 2.24) is 15.7 Å². The number of amides is 2. The van der Waals surface area contributed by atoms with Crippen molar-refractivity contribution < 1.29 is 29.4 Å². The van der Waals surface area contributed by atoms with Gasteiger partial charge >= 0.3 is 0 Å². The Hall–Kier alpha value is -3.08. The Morgan fingerprint density at radius 2 is 1.68 bits per heavy atom. The highest BCUT2D eigenvalue weighted by Gasteiger charge is 2.32. The molecule has 9 heteroatoms. The summed E-state index contributed by atoms with van der Waals surface area (Å²) in [5.41, 5.74) is 5.27. The Labute approximate surface area is 218 Å². The molecule has 0 aliphatic carbocycles. The number of nitrogens with zero attached hydrogens (tertiary/aromatic N) is 1. The van der Waals surface area contributed by atoms with Crippen LogP contribution < -0.4 is 10.8 Å². The summed E-state index contributed by atoms with van der Waals surface area (Å²) >= 11 is 0. The van der Waals surface area contributed by atoms with E-state index in [4.69, 9.17) is 14.7 Å². The van der Waals surface area contributed by atoms with Gasteiger partial charge in [-0.3, -0.25) is 14.8 Å². The monoisotopic (exact) mass is 511 g/mol. The number of carbonyl (C=O) groups excluding carboxylic acids is 2. The molecule has 0 radical (unpaired) electrons. The van der Waals surface area contributed by atoms with Gasteiger partial charge in [-0.05, 0) is 30.2 Å². The van der Waals surface area contributed by atoms with E-state index in [0.29, 0.717) is 19.4 Å². The summed E-state index contributed by atoms with van der Waals surface area (Å²) in [6, 6.07) is 15.5. The summed E-state index contributed by atoms with van der Waals surface area (Å²) in [5, 5.41) is 20.7. The third-order valence-corrected chi connectivity index (χ3v) is 6.24. The maximum absolute atomic E-state index is 12.0. The molecular formula is C28H37N3O6. The van der Waals surface area contributed by atoms with E-state index in [1.165, 1.54) is 0 Å². The van der Waals surface area contributed by atoms with Gasteiger partial charge in [-0.2, -0.15) is 0 Å². The number of ether oxygens (including phenoxy) is 2. The molecule has 1 heterocycles. The van der Waals surface area contributed by atoms with Crippen molar-refractivity contribution in [3.63, 3.8) is 0 Å². The molecule has 3 atom stereocenters. The maximum Gasteiger partial charge on any atom is 0.243 e. The van der Waals surface area contributed by atoms with Crippen molar-refractivity contribution >= 4 is 11.8 Å². The lowest BCUT2D eigenvalue weighted by Crippen LogP contribution is -2.37. The van der Waals surface area contributed by atoms with Crippen molar-refractivity contribution in [2.75, 3.05) is 20.1 Å². The third-order valence-electron chi connectivity index (χ3n) is 6.24. The highest BCUT2D eigenvalue weighted by Crippen LogP contribution is 2.38. The van der Waals surface area contributed by atoms with Crippen LogP contribution in [0, 0.1) is 0 Å². The number of hydrogen-bond donors (Lipinski definition) is 4. The average Bonchev–Trinajstić information content (AvgIpc) is 2.92. The summed E-state index contributed by atoms with van der Waals surface area (Å²) in [4.78, 5) is 25.2. The summed E-state index contributed by atoms with van der Waals surface area (Å²) in [5.74, 6) is -0.662. The largest absolute Gasteiger partial charge is 0.392 e. The number of carbonyl (C=O) groups is 2. The van der Waals surface area contributed by atoms with Gasteiger partial charge in [0.1, 0.15) is 0 Å². The van der Waals surface area contributed by atoms with Crippen LogP contribution in [-0.2, 0) is 32.2 Å². The summed E-state index contributed by atoms with van der Waals surface area (Å²) < 4.78 is 12.7. The molecule has 1 saturated heterocycles. The molecule has 2 aromatic carbocycles. The lowest BCUT2D eigenvalue weighted by molar-refractivity contribution is -0.252. The fraction of sp³-hybridized carbons (Fsp3) is 0.429. The summed E-state index contributed by atoms with van der Waals surface area (Å²) in [7, 11) is 2.03. The standard InChI is InChI=1S/C28H37N3O6/c1-3-15-31(2)18-24-16-25(22-11-9-21(19-32)10-12-22)37-28(36-24)23-13-7-20(8-14-23)17-29-26(33)5-4-6-27(34)30-35/h3,7-14,24-25,28,32,35H,1,4-6,15-19H2,2H3,(H,29,33)(H,30,34)/t24-,25+,28+/m1/s1. The van der Waals surface area contributed by atoms with Crippen molar-refractivity contribution in [3.8, 4) is 0 Å². The first-order valence-corrected chi connectivity index (χ1v) is 12.5. The van der Waals surface area contributed by atoms with Gasteiger partial charge in [-0.1, -0.05) is 54.6 Å². The van der Waals surface area contributed by atoms with Crippen LogP contribution >= 0.6 is 0 Å². The Morgan fingerprint density at radius 3 is 2.32 bits per heavy atom. The number of hydroxylamine groups is 1. The molecule has 0 unspecified atom stereocenters. The van der Waals surface area contributed by atoms with E-state index in [2.05, 4.69) is 16.8 Å². The molecule has 1 aliphatic heterocycles. The molecule has 4 N–H and O–H groups in total. The van der Waals surface area contributed by atoms with Gasteiger partial charge in [0.15, 0.2) is 6.29 Å². The number of nitrogens with one attached hydrogen (secondary N) is 2. The van der Waals surface area contributed by atoms with Gasteiger partial charge < -0.3 is 24.8 Å². The SMILES string of the molecule is C=CCN(C)C[C@H]1C[C@@H](c2ccc(CO)cc2)O[C@@H](c2ccc(CNC(=O)CCCC(=O)NO)cc2)O1. The zero-order chi connectivity index (χ0) is 26.6. The van der Waals surface area contributed by atoms with Crippen LogP contribution in [0.1, 0.15) is 60.3 Å². The molecule has 1 aliphatic rings. The Kier molecular flexibility index (Phi) is 11.2. The molecule has 2 amide bonds. The second-order valence-corrected chi connectivity index (χ2v) is 9.27. The zero-order valence-electron chi connectivity index (χ0n) is 21.3. The molecule has 200 valence electrons. The van der Waals surface area contributed by atoms with E-state index >= 15 is 0 Å². The number of aliphatic hydroxyl groups is 1. The highest BCUT2D eigenvalue weighted by molar-refractivity contribution is 5.78. The number of benzene rings is 2. The molecule has 0 bridgehead atoms. The topological polar surface area (TPSA) is 120 Å². The minimum atomic E-state index is -0.542. The zero-order valence-corrected chi connectivity index (χ0v) is 21.3. The van der Waals surface area contributed by atoms with Crippen LogP contribution in [0.15, 0.2) is 61.2 Å². The van der Waals surface area contributed by atoms with Crippen LogP contribution in [0.4, 0.5) is 0 Å². The van der Waals surface area contributed by atoms with E-state index in [9.17, 15) is 14.7 Å². The quantitative estimate of drug-likeness (QED) is 0.185. The van der Waals surface area contributed by atoms with Gasteiger partial charge in [0.05, 0.1) is 18.8 Å². The Bertz CT molecular complexity index is 1010. The molecule has 0 aromatic heterocycles. The maximum atomic E-state index is 12.0. The van der Waals surface area contributed by atoms with Crippen molar-refractivity contribution in [2.24, 2.45) is 0 Å². The Balaban J connectivity index is 1.62. The molecule has 2 aromatic rings. The lowest BCUT2D eigenvalue weighted by atomic mass is 9.99. The van der Waals surface area contributed by atoms with Crippen molar-refractivity contribution in [2.45, 2.75) is 57.3 Å². The smallest absolute Gasteiger partial charge is 0.243 e. The first-order valence-electron chi connectivity index (χ1n) is 12.5. The summed E-state index contributed by atoms with van der Waals surface area (Å²) in [6.45, 7) is 5.68. The van der Waals surface area contributed by atoms with E-state index in [0.717, 1.165) is 35.3 Å². The molecule has 0 spiro atoms. The fourth-order valence-electron chi connectivity index (χ4n) is 4.22. The van der Waals surface area contributed by atoms with Crippen LogP contribution in [0.5, 0.6) is 0 Å². The van der Waals surface area contributed by atoms with Gasteiger partial charge in [-0.15, -0.1) is 6.58 Å². The number of likely N-dealkylation sites (N-methyl/N-ethyl adjacent to an activating group) is 1. The van der Waals surface area contributed by atoms with Crippen LogP contribution in [0.25, 0.3) is 0 Å². The summed E-state index contributed by atoms with van der Waals surface area (Å²) in [6.07, 6.45) is 2.50. The normalized spacial score (nSPS) is 19.4. The first kappa shape index (κ1) is 28.5. The lowest BCUT2D eigenvalue weighted by Gasteiger charge is -2.37. The van der Waals surface area contributed by atoms with Crippen molar-refractivity contribution in [3.05, 3.63) is 83.4 Å². The van der Waals surface area contributed by atoms with E-state index in [1.54, 1.807) is 5.48 Å². The van der Waals surface area contributed by atoms with Gasteiger partial charge in [0.25, 0.3) is 0 Å². The number of rotatable bonds is 13. The minimum absolute atomic E-state index is 0.000183. The van der Waals surface area contributed by atoms with Gasteiger partial charge in [0, 0.05) is 44.5 Å². The van der Waals surface area contributed by atoms with E-state index in [-0.39, 0.29) is 37.6 Å². The number of aliphatic hydroxyl groups excluding tert-OH is 1. The molecule has 9 nitrogen and oxygen atoms in total. The molecule has 1 fully saturated rings. The second-order valence-electron chi connectivity index (χ2n) is 9.27. The van der Waals surface area contributed by atoms with Gasteiger partial charge in [-0.25, -0.2) is 5.48 Å². The third kappa shape index (κ3) is 9.07. The van der Waals surface area contributed by atoms with Crippen molar-refractivity contribution in [1.29, 1.82) is 0 Å². The molecule has 37 heavy (non-hydrogen) atoms. The predicted molar refractivity (Wildman–Crippen MR) is 138 cm³/mol.